The van der Waals surface area contributed by atoms with Gasteiger partial charge < -0.3 is 10.6 Å². The van der Waals surface area contributed by atoms with Gasteiger partial charge in [0, 0.05) is 10.9 Å². The summed E-state index contributed by atoms with van der Waals surface area (Å²) in [6, 6.07) is 4.50. The molecule has 0 spiro atoms. The summed E-state index contributed by atoms with van der Waals surface area (Å²) in [5.41, 5.74) is 0.232. The summed E-state index contributed by atoms with van der Waals surface area (Å²) in [4.78, 5) is 11.7. The predicted molar refractivity (Wildman–Crippen MR) is 75.6 cm³/mol. The number of halogens is 3. The number of amides is 1. The first-order chi connectivity index (χ1) is 8.15. The van der Waals surface area contributed by atoms with Crippen molar-refractivity contribution in [1.29, 1.82) is 0 Å². The van der Waals surface area contributed by atoms with Gasteiger partial charge in [0.05, 0.1) is 5.69 Å². The van der Waals surface area contributed by atoms with Gasteiger partial charge in [0.1, 0.15) is 5.82 Å². The highest BCUT2D eigenvalue weighted by atomic mass is 79.9. The number of carbonyl (C=O) groups is 1. The molecule has 1 aromatic rings. The summed E-state index contributed by atoms with van der Waals surface area (Å²) >= 11 is 3.25. The molecule has 1 aromatic carbocycles. The molecule has 2 N–H and O–H groups in total. The minimum atomic E-state index is -0.411. The van der Waals surface area contributed by atoms with E-state index in [1.807, 2.05) is 0 Å². The van der Waals surface area contributed by atoms with Crippen LogP contribution in [0, 0.1) is 11.7 Å². The van der Waals surface area contributed by atoms with E-state index in [1.54, 1.807) is 12.1 Å². The van der Waals surface area contributed by atoms with Crippen LogP contribution in [0.2, 0.25) is 0 Å². The molecule has 2 rings (SSSR count). The molecule has 0 bridgehead atoms. The van der Waals surface area contributed by atoms with Gasteiger partial charge in [-0.3, -0.25) is 4.79 Å². The number of hydrogen-bond donors (Lipinski definition) is 2. The molecule has 6 heteroatoms. The molecular weight excluding hydrogens is 323 g/mol. The molecule has 1 aliphatic rings. The van der Waals surface area contributed by atoms with Gasteiger partial charge in [0.2, 0.25) is 5.91 Å². The number of hydrogen-bond acceptors (Lipinski definition) is 2. The standard InChI is InChI=1S/C12H14BrFN2O.ClH/c13-9-1-2-10(14)11(6-9)16-12(17)5-8-3-4-15-7-8;/h1-2,6,8,15H,3-5,7H2,(H,16,17);1H. The zero-order chi connectivity index (χ0) is 12.3. The molecule has 0 radical (unpaired) electrons. The van der Waals surface area contributed by atoms with Crippen molar-refractivity contribution in [2.75, 3.05) is 18.4 Å². The van der Waals surface area contributed by atoms with Crippen molar-refractivity contribution in [2.45, 2.75) is 12.8 Å². The van der Waals surface area contributed by atoms with Crippen LogP contribution in [0.15, 0.2) is 22.7 Å². The van der Waals surface area contributed by atoms with Gasteiger partial charge in [-0.2, -0.15) is 0 Å². The minimum Gasteiger partial charge on any atom is -0.324 e. The van der Waals surface area contributed by atoms with Crippen LogP contribution in [-0.4, -0.2) is 19.0 Å². The van der Waals surface area contributed by atoms with E-state index in [9.17, 15) is 9.18 Å². The summed E-state index contributed by atoms with van der Waals surface area (Å²) < 4.78 is 14.1. The van der Waals surface area contributed by atoms with Crippen LogP contribution in [0.1, 0.15) is 12.8 Å². The van der Waals surface area contributed by atoms with Crippen LogP contribution < -0.4 is 10.6 Å². The number of benzene rings is 1. The van der Waals surface area contributed by atoms with Crippen molar-refractivity contribution < 1.29 is 9.18 Å². The Morgan fingerprint density at radius 3 is 3.00 bits per heavy atom. The molecule has 18 heavy (non-hydrogen) atoms. The molecule has 1 aliphatic heterocycles. The van der Waals surface area contributed by atoms with E-state index >= 15 is 0 Å². The maximum atomic E-state index is 13.4. The third-order valence-electron chi connectivity index (χ3n) is 2.84. The fourth-order valence-corrected chi connectivity index (χ4v) is 2.31. The lowest BCUT2D eigenvalue weighted by molar-refractivity contribution is -0.117. The Bertz CT molecular complexity index is 425. The van der Waals surface area contributed by atoms with Gasteiger partial charge in [-0.1, -0.05) is 15.9 Å². The molecule has 3 nitrogen and oxygen atoms in total. The lowest BCUT2D eigenvalue weighted by Crippen LogP contribution is -2.18. The Morgan fingerprint density at radius 2 is 2.33 bits per heavy atom. The highest BCUT2D eigenvalue weighted by molar-refractivity contribution is 9.10. The Hall–Kier alpha value is -0.650. The molecular formula is C12H15BrClFN2O. The molecule has 1 heterocycles. The lowest BCUT2D eigenvalue weighted by atomic mass is 10.0. The summed E-state index contributed by atoms with van der Waals surface area (Å²) in [5, 5.41) is 5.81. The first kappa shape index (κ1) is 15.4. The van der Waals surface area contributed by atoms with Crippen LogP contribution >= 0.6 is 28.3 Å². The Labute approximate surface area is 120 Å². The molecule has 0 saturated carbocycles. The second-order valence-corrected chi connectivity index (χ2v) is 5.15. The van der Waals surface area contributed by atoms with Crippen molar-refractivity contribution in [2.24, 2.45) is 5.92 Å². The van der Waals surface area contributed by atoms with Crippen molar-refractivity contribution >= 4 is 39.9 Å². The van der Waals surface area contributed by atoms with E-state index in [-0.39, 0.29) is 24.0 Å². The predicted octanol–water partition coefficient (Wildman–Crippen LogP) is 2.95. The molecule has 0 aliphatic carbocycles. The maximum Gasteiger partial charge on any atom is 0.224 e. The van der Waals surface area contributed by atoms with Gasteiger partial charge >= 0.3 is 0 Å². The van der Waals surface area contributed by atoms with Crippen molar-refractivity contribution in [1.82, 2.24) is 5.32 Å². The van der Waals surface area contributed by atoms with Crippen LogP contribution in [-0.2, 0) is 4.79 Å². The third-order valence-corrected chi connectivity index (χ3v) is 3.33. The summed E-state index contributed by atoms with van der Waals surface area (Å²) in [7, 11) is 0. The molecule has 1 unspecified atom stereocenters. The van der Waals surface area contributed by atoms with E-state index in [0.717, 1.165) is 24.0 Å². The number of nitrogens with one attached hydrogen (secondary N) is 2. The second-order valence-electron chi connectivity index (χ2n) is 4.24. The van der Waals surface area contributed by atoms with E-state index < -0.39 is 5.82 Å². The quantitative estimate of drug-likeness (QED) is 0.890. The number of rotatable bonds is 3. The summed E-state index contributed by atoms with van der Waals surface area (Å²) in [6.07, 6.45) is 1.45. The van der Waals surface area contributed by atoms with Crippen LogP contribution in [0.4, 0.5) is 10.1 Å². The molecule has 1 amide bonds. The minimum absolute atomic E-state index is 0. The highest BCUT2D eigenvalue weighted by Crippen LogP contribution is 2.21. The van der Waals surface area contributed by atoms with Crippen molar-refractivity contribution in [3.8, 4) is 0 Å². The van der Waals surface area contributed by atoms with Gasteiger partial charge in [-0.25, -0.2) is 4.39 Å². The van der Waals surface area contributed by atoms with Gasteiger partial charge in [-0.15, -0.1) is 12.4 Å². The highest BCUT2D eigenvalue weighted by Gasteiger charge is 2.18. The summed E-state index contributed by atoms with van der Waals surface area (Å²) in [5.74, 6) is -0.174. The maximum absolute atomic E-state index is 13.4. The Kier molecular flexibility index (Phi) is 6.05. The number of anilines is 1. The Balaban J connectivity index is 0.00000162. The average Bonchev–Trinajstić information content (AvgIpc) is 2.76. The first-order valence-corrected chi connectivity index (χ1v) is 6.40. The fourth-order valence-electron chi connectivity index (χ4n) is 1.95. The molecule has 1 atom stereocenters. The van der Waals surface area contributed by atoms with Crippen LogP contribution in [0.3, 0.4) is 0 Å². The van der Waals surface area contributed by atoms with E-state index in [4.69, 9.17) is 0 Å². The lowest BCUT2D eigenvalue weighted by Gasteiger charge is -2.10. The van der Waals surface area contributed by atoms with Crippen molar-refractivity contribution in [3.05, 3.63) is 28.5 Å². The third kappa shape index (κ3) is 4.23. The second kappa shape index (κ2) is 7.07. The van der Waals surface area contributed by atoms with E-state index in [1.165, 1.54) is 6.07 Å². The summed E-state index contributed by atoms with van der Waals surface area (Å²) in [6.45, 7) is 1.83. The van der Waals surface area contributed by atoms with Gasteiger partial charge in [0.15, 0.2) is 0 Å². The van der Waals surface area contributed by atoms with Crippen LogP contribution in [0.25, 0.3) is 0 Å². The normalized spacial score (nSPS) is 18.2. The molecule has 0 aromatic heterocycles. The largest absolute Gasteiger partial charge is 0.324 e. The van der Waals surface area contributed by atoms with Gasteiger partial charge in [0.25, 0.3) is 0 Å². The first-order valence-electron chi connectivity index (χ1n) is 5.61. The zero-order valence-electron chi connectivity index (χ0n) is 9.71. The van der Waals surface area contributed by atoms with Gasteiger partial charge in [-0.05, 0) is 43.6 Å². The topological polar surface area (TPSA) is 41.1 Å². The number of carbonyl (C=O) groups excluding carboxylic acids is 1. The van der Waals surface area contributed by atoms with E-state index in [2.05, 4.69) is 26.6 Å². The smallest absolute Gasteiger partial charge is 0.224 e. The monoisotopic (exact) mass is 336 g/mol. The van der Waals surface area contributed by atoms with Crippen molar-refractivity contribution in [3.63, 3.8) is 0 Å². The molecule has 1 saturated heterocycles. The SMILES string of the molecule is Cl.O=C(CC1CCNC1)Nc1cc(Br)ccc1F. The van der Waals surface area contributed by atoms with E-state index in [0.29, 0.717) is 12.3 Å². The molecule has 100 valence electrons. The Morgan fingerprint density at radius 1 is 1.56 bits per heavy atom. The zero-order valence-corrected chi connectivity index (χ0v) is 12.1. The average molecular weight is 338 g/mol. The fraction of sp³-hybridized carbons (Fsp3) is 0.417. The molecule has 1 fully saturated rings. The van der Waals surface area contributed by atoms with Crippen LogP contribution in [0.5, 0.6) is 0 Å².